The van der Waals surface area contributed by atoms with E-state index in [0.29, 0.717) is 54.7 Å². The van der Waals surface area contributed by atoms with E-state index in [0.717, 1.165) is 5.56 Å². The van der Waals surface area contributed by atoms with Gasteiger partial charge in [-0.1, -0.05) is 6.07 Å². The second kappa shape index (κ2) is 8.89. The molecular weight excluding hydrogens is 378 g/mol. The number of nitrogens with zero attached hydrogens (tertiary/aromatic N) is 1. The lowest BCUT2D eigenvalue weighted by Gasteiger charge is -2.39. The molecule has 2 aromatic rings. The van der Waals surface area contributed by atoms with E-state index in [2.05, 4.69) is 0 Å². The van der Waals surface area contributed by atoms with E-state index < -0.39 is 5.63 Å². The Morgan fingerprint density at radius 3 is 2.45 bits per heavy atom. The molecule has 1 saturated heterocycles. The molecule has 1 aromatic heterocycles. The van der Waals surface area contributed by atoms with E-state index in [-0.39, 0.29) is 12.0 Å². The van der Waals surface area contributed by atoms with Crippen LogP contribution in [0.4, 0.5) is 0 Å². The number of methoxy groups -OCH3 is 3. The van der Waals surface area contributed by atoms with Gasteiger partial charge in [0.2, 0.25) is 11.7 Å². The molecule has 0 aliphatic carbocycles. The summed E-state index contributed by atoms with van der Waals surface area (Å²) in [6.07, 6.45) is 0.728. The molecule has 8 nitrogen and oxygen atoms in total. The third-order valence-corrected chi connectivity index (χ3v) is 4.76. The first-order valence-corrected chi connectivity index (χ1v) is 9.29. The van der Waals surface area contributed by atoms with Crippen LogP contribution in [-0.4, -0.2) is 51.3 Å². The van der Waals surface area contributed by atoms with Gasteiger partial charge >= 0.3 is 5.63 Å². The van der Waals surface area contributed by atoms with Crippen molar-refractivity contribution in [1.29, 1.82) is 0 Å². The Morgan fingerprint density at radius 1 is 1.10 bits per heavy atom. The standard InChI is InChI=1S/C21H25NO7/c1-13-9-15(10-19(24)28-13)29-16-11-22(12-16)18(23)8-6-14-5-7-17(25-2)21(27-4)20(14)26-3/h5,7,9-10,16H,6,8,11-12H2,1-4H3. The fraction of sp³-hybridized carbons (Fsp3) is 0.429. The maximum Gasteiger partial charge on any atom is 0.339 e. The van der Waals surface area contributed by atoms with Crippen LogP contribution in [0, 0.1) is 6.92 Å². The molecule has 1 aliphatic heterocycles. The summed E-state index contributed by atoms with van der Waals surface area (Å²) in [6.45, 7) is 2.66. The fourth-order valence-electron chi connectivity index (χ4n) is 3.31. The summed E-state index contributed by atoms with van der Waals surface area (Å²) in [4.78, 5) is 25.6. The summed E-state index contributed by atoms with van der Waals surface area (Å²) in [5.74, 6) is 2.65. The Balaban J connectivity index is 1.54. The zero-order valence-electron chi connectivity index (χ0n) is 17.0. The largest absolute Gasteiger partial charge is 0.493 e. The van der Waals surface area contributed by atoms with E-state index in [4.69, 9.17) is 23.4 Å². The van der Waals surface area contributed by atoms with Crippen molar-refractivity contribution in [2.75, 3.05) is 34.4 Å². The minimum absolute atomic E-state index is 0.0328. The number of ether oxygens (including phenoxy) is 4. The van der Waals surface area contributed by atoms with E-state index in [1.54, 1.807) is 45.3 Å². The predicted octanol–water partition coefficient (Wildman–Crippen LogP) is 2.20. The molecule has 0 bridgehead atoms. The van der Waals surface area contributed by atoms with Crippen molar-refractivity contribution in [2.24, 2.45) is 0 Å². The molecule has 0 saturated carbocycles. The van der Waals surface area contributed by atoms with E-state index >= 15 is 0 Å². The Morgan fingerprint density at radius 2 is 1.83 bits per heavy atom. The molecule has 29 heavy (non-hydrogen) atoms. The molecule has 0 N–H and O–H groups in total. The molecule has 156 valence electrons. The second-order valence-corrected chi connectivity index (χ2v) is 6.75. The molecule has 1 amide bonds. The molecule has 0 atom stereocenters. The summed E-state index contributed by atoms with van der Waals surface area (Å²) in [5, 5.41) is 0. The van der Waals surface area contributed by atoms with Crippen molar-refractivity contribution in [3.63, 3.8) is 0 Å². The molecule has 0 radical (unpaired) electrons. The highest BCUT2D eigenvalue weighted by atomic mass is 16.5. The Labute approximate surface area is 168 Å². The van der Waals surface area contributed by atoms with Gasteiger partial charge in [-0.25, -0.2) is 4.79 Å². The van der Waals surface area contributed by atoms with Crippen LogP contribution in [0.3, 0.4) is 0 Å². The van der Waals surface area contributed by atoms with Gasteiger partial charge in [-0.2, -0.15) is 0 Å². The van der Waals surface area contributed by atoms with Crippen LogP contribution in [-0.2, 0) is 11.2 Å². The van der Waals surface area contributed by atoms with Crippen LogP contribution in [0.15, 0.2) is 33.5 Å². The number of rotatable bonds is 8. The number of aryl methyl sites for hydroxylation is 2. The van der Waals surface area contributed by atoms with Gasteiger partial charge in [-0.3, -0.25) is 4.79 Å². The van der Waals surface area contributed by atoms with Gasteiger partial charge in [0, 0.05) is 12.5 Å². The number of benzene rings is 1. The lowest BCUT2D eigenvalue weighted by Crippen LogP contribution is -2.56. The number of hydrogen-bond acceptors (Lipinski definition) is 7. The molecule has 0 unspecified atom stereocenters. The van der Waals surface area contributed by atoms with Gasteiger partial charge in [0.05, 0.1) is 40.5 Å². The average molecular weight is 403 g/mol. The Bertz CT molecular complexity index is 931. The first-order valence-electron chi connectivity index (χ1n) is 9.29. The lowest BCUT2D eigenvalue weighted by atomic mass is 10.0. The smallest absolute Gasteiger partial charge is 0.339 e. The summed E-state index contributed by atoms with van der Waals surface area (Å²) in [7, 11) is 4.67. The van der Waals surface area contributed by atoms with Gasteiger partial charge in [-0.05, 0) is 25.0 Å². The summed E-state index contributed by atoms with van der Waals surface area (Å²) in [5.41, 5.74) is 0.425. The first kappa shape index (κ1) is 20.6. The third kappa shape index (κ3) is 4.64. The zero-order valence-corrected chi connectivity index (χ0v) is 17.0. The van der Waals surface area contributed by atoms with Gasteiger partial charge < -0.3 is 28.3 Å². The molecule has 8 heteroatoms. The summed E-state index contributed by atoms with van der Waals surface area (Å²) in [6, 6.07) is 6.64. The van der Waals surface area contributed by atoms with Crippen molar-refractivity contribution in [2.45, 2.75) is 25.9 Å². The SMILES string of the molecule is COc1ccc(CCC(=O)N2CC(Oc3cc(C)oc(=O)c3)C2)c(OC)c1OC. The Hall–Kier alpha value is -3.16. The molecule has 0 spiro atoms. The Kier molecular flexibility index (Phi) is 6.31. The number of amides is 1. The van der Waals surface area contributed by atoms with Crippen LogP contribution in [0.5, 0.6) is 23.0 Å². The normalized spacial score (nSPS) is 13.6. The van der Waals surface area contributed by atoms with Crippen LogP contribution in [0.1, 0.15) is 17.7 Å². The minimum Gasteiger partial charge on any atom is -0.493 e. The van der Waals surface area contributed by atoms with Crippen LogP contribution < -0.4 is 24.6 Å². The van der Waals surface area contributed by atoms with Crippen molar-refractivity contribution in [3.05, 3.63) is 46.0 Å². The molecule has 1 aromatic carbocycles. The molecule has 1 fully saturated rings. The third-order valence-electron chi connectivity index (χ3n) is 4.76. The van der Waals surface area contributed by atoms with Crippen molar-refractivity contribution in [3.8, 4) is 23.0 Å². The van der Waals surface area contributed by atoms with E-state index in [9.17, 15) is 9.59 Å². The summed E-state index contributed by atoms with van der Waals surface area (Å²) >= 11 is 0. The highest BCUT2D eigenvalue weighted by Crippen LogP contribution is 2.40. The van der Waals surface area contributed by atoms with E-state index in [1.807, 2.05) is 6.07 Å². The van der Waals surface area contributed by atoms with Crippen molar-refractivity contribution >= 4 is 5.91 Å². The lowest BCUT2D eigenvalue weighted by molar-refractivity contribution is -0.139. The summed E-state index contributed by atoms with van der Waals surface area (Å²) < 4.78 is 26.8. The van der Waals surface area contributed by atoms with Gasteiger partial charge in [0.1, 0.15) is 17.6 Å². The van der Waals surface area contributed by atoms with Crippen LogP contribution in [0.25, 0.3) is 0 Å². The number of likely N-dealkylation sites (tertiary alicyclic amines) is 1. The molecular formula is C21H25NO7. The quantitative estimate of drug-likeness (QED) is 0.668. The molecule has 2 heterocycles. The van der Waals surface area contributed by atoms with Crippen molar-refractivity contribution < 1.29 is 28.2 Å². The predicted molar refractivity (Wildman–Crippen MR) is 105 cm³/mol. The highest BCUT2D eigenvalue weighted by molar-refractivity contribution is 5.77. The molecule has 1 aliphatic rings. The highest BCUT2D eigenvalue weighted by Gasteiger charge is 2.32. The molecule has 3 rings (SSSR count). The topological polar surface area (TPSA) is 87.4 Å². The number of carbonyl (C=O) groups is 1. The van der Waals surface area contributed by atoms with Gasteiger partial charge in [-0.15, -0.1) is 0 Å². The van der Waals surface area contributed by atoms with E-state index in [1.165, 1.54) is 6.07 Å². The zero-order chi connectivity index (χ0) is 21.0. The monoisotopic (exact) mass is 403 g/mol. The van der Waals surface area contributed by atoms with Crippen LogP contribution >= 0.6 is 0 Å². The van der Waals surface area contributed by atoms with Gasteiger partial charge in [0.15, 0.2) is 11.5 Å². The van der Waals surface area contributed by atoms with Crippen LogP contribution in [0.2, 0.25) is 0 Å². The maximum absolute atomic E-state index is 12.5. The second-order valence-electron chi connectivity index (χ2n) is 6.75. The number of carbonyl (C=O) groups excluding carboxylic acids is 1. The minimum atomic E-state index is -0.448. The first-order chi connectivity index (χ1) is 13.9. The maximum atomic E-state index is 12.5. The average Bonchev–Trinajstić information content (AvgIpc) is 2.66. The van der Waals surface area contributed by atoms with Gasteiger partial charge in [0.25, 0.3) is 0 Å². The van der Waals surface area contributed by atoms with Crippen molar-refractivity contribution in [1.82, 2.24) is 4.90 Å². The number of hydrogen-bond donors (Lipinski definition) is 0. The fourth-order valence-corrected chi connectivity index (χ4v) is 3.31.